The van der Waals surface area contributed by atoms with Crippen LogP contribution in [-0.4, -0.2) is 22.6 Å². The van der Waals surface area contributed by atoms with Crippen molar-refractivity contribution in [1.29, 1.82) is 0 Å². The highest BCUT2D eigenvalue weighted by Crippen LogP contribution is 2.49. The zero-order chi connectivity index (χ0) is 8.18. The summed E-state index contributed by atoms with van der Waals surface area (Å²) in [5.41, 5.74) is 1.91. The minimum Gasteiger partial charge on any atom is -0.351 e. The Balaban J connectivity index is 2.20. The Hall–Kier alpha value is -1.32. The normalized spacial score (nSPS) is 23.5. The summed E-state index contributed by atoms with van der Waals surface area (Å²) in [5, 5.41) is 9.77. The summed E-state index contributed by atoms with van der Waals surface area (Å²) < 4.78 is 0. The second-order valence-corrected chi connectivity index (χ2v) is 3.61. The molecular formula is C8H9N3O. The number of carbonyl (C=O) groups is 1. The lowest BCUT2D eigenvalue weighted by Crippen LogP contribution is -2.38. The Morgan fingerprint density at radius 2 is 2.33 bits per heavy atom. The van der Waals surface area contributed by atoms with Gasteiger partial charge in [0.1, 0.15) is 0 Å². The SMILES string of the molecule is O=C1NCC2(CC2)c2n[nH]cc21. The van der Waals surface area contributed by atoms with Crippen molar-refractivity contribution in [3.63, 3.8) is 0 Å². The van der Waals surface area contributed by atoms with Gasteiger partial charge in [0.25, 0.3) is 5.91 Å². The molecule has 1 fully saturated rings. The molecule has 1 aliphatic carbocycles. The van der Waals surface area contributed by atoms with E-state index in [2.05, 4.69) is 15.5 Å². The largest absolute Gasteiger partial charge is 0.351 e. The van der Waals surface area contributed by atoms with Crippen LogP contribution in [0.5, 0.6) is 0 Å². The van der Waals surface area contributed by atoms with E-state index in [0.29, 0.717) is 0 Å². The van der Waals surface area contributed by atoms with E-state index in [0.717, 1.165) is 30.6 Å². The minimum atomic E-state index is 0.0104. The van der Waals surface area contributed by atoms with E-state index in [1.807, 2.05) is 0 Å². The van der Waals surface area contributed by atoms with Crippen LogP contribution in [0.4, 0.5) is 0 Å². The fourth-order valence-electron chi connectivity index (χ4n) is 1.86. The van der Waals surface area contributed by atoms with Gasteiger partial charge in [-0.1, -0.05) is 0 Å². The van der Waals surface area contributed by atoms with Crippen LogP contribution in [0, 0.1) is 0 Å². The first kappa shape index (κ1) is 6.22. The van der Waals surface area contributed by atoms with Crippen LogP contribution in [0.2, 0.25) is 0 Å². The standard InChI is InChI=1S/C8H9N3O/c12-7-5-3-10-11-6(5)8(1-2-8)4-9-7/h3H,1-2,4H2,(H,9,12)(H,10,11). The van der Waals surface area contributed by atoms with Gasteiger partial charge in [-0.25, -0.2) is 0 Å². The highest BCUT2D eigenvalue weighted by molar-refractivity contribution is 5.97. The number of hydrogen-bond donors (Lipinski definition) is 2. The first-order valence-electron chi connectivity index (χ1n) is 4.14. The Kier molecular flexibility index (Phi) is 0.885. The van der Waals surface area contributed by atoms with Crippen molar-refractivity contribution < 1.29 is 4.79 Å². The Bertz CT molecular complexity index is 351. The van der Waals surface area contributed by atoms with Crippen molar-refractivity contribution in [1.82, 2.24) is 15.5 Å². The maximum Gasteiger partial charge on any atom is 0.254 e. The molecule has 1 amide bonds. The van der Waals surface area contributed by atoms with Crippen LogP contribution < -0.4 is 5.32 Å². The van der Waals surface area contributed by atoms with Crippen LogP contribution in [0.1, 0.15) is 28.9 Å². The molecule has 2 aliphatic rings. The predicted molar refractivity (Wildman–Crippen MR) is 41.8 cm³/mol. The molecule has 1 saturated carbocycles. The number of hydrogen-bond acceptors (Lipinski definition) is 2. The van der Waals surface area contributed by atoms with Gasteiger partial charge >= 0.3 is 0 Å². The molecule has 2 heterocycles. The molecule has 3 rings (SSSR count). The smallest absolute Gasteiger partial charge is 0.254 e. The van der Waals surface area contributed by atoms with Gasteiger partial charge in [-0.3, -0.25) is 9.89 Å². The van der Waals surface area contributed by atoms with E-state index < -0.39 is 0 Å². The fourth-order valence-corrected chi connectivity index (χ4v) is 1.86. The number of H-pyrrole nitrogens is 1. The van der Waals surface area contributed by atoms with Crippen LogP contribution >= 0.6 is 0 Å². The lowest BCUT2D eigenvalue weighted by molar-refractivity contribution is 0.0937. The topological polar surface area (TPSA) is 57.8 Å². The summed E-state index contributed by atoms with van der Waals surface area (Å²) in [7, 11) is 0. The van der Waals surface area contributed by atoms with Crippen molar-refractivity contribution in [2.75, 3.05) is 6.54 Å². The maximum absolute atomic E-state index is 11.3. The highest BCUT2D eigenvalue weighted by atomic mass is 16.1. The van der Waals surface area contributed by atoms with Crippen molar-refractivity contribution in [2.45, 2.75) is 18.3 Å². The van der Waals surface area contributed by atoms with E-state index in [1.54, 1.807) is 6.20 Å². The van der Waals surface area contributed by atoms with Crippen molar-refractivity contribution in [3.8, 4) is 0 Å². The number of nitrogens with one attached hydrogen (secondary N) is 2. The third-order valence-corrected chi connectivity index (χ3v) is 2.83. The molecular weight excluding hydrogens is 154 g/mol. The second kappa shape index (κ2) is 1.71. The van der Waals surface area contributed by atoms with Gasteiger partial charge in [-0.2, -0.15) is 5.10 Å². The monoisotopic (exact) mass is 163 g/mol. The fraction of sp³-hybridized carbons (Fsp3) is 0.500. The molecule has 0 saturated heterocycles. The number of nitrogens with zero attached hydrogens (tertiary/aromatic N) is 1. The van der Waals surface area contributed by atoms with E-state index in [-0.39, 0.29) is 11.3 Å². The third kappa shape index (κ3) is 0.581. The number of carbonyl (C=O) groups excluding carboxylic acids is 1. The van der Waals surface area contributed by atoms with Crippen LogP contribution in [0.3, 0.4) is 0 Å². The van der Waals surface area contributed by atoms with E-state index in [1.165, 1.54) is 0 Å². The molecule has 62 valence electrons. The Morgan fingerprint density at radius 3 is 3.08 bits per heavy atom. The molecule has 0 atom stereocenters. The van der Waals surface area contributed by atoms with E-state index in [4.69, 9.17) is 0 Å². The quantitative estimate of drug-likeness (QED) is 0.573. The molecule has 4 heteroatoms. The van der Waals surface area contributed by atoms with Gasteiger partial charge in [0.2, 0.25) is 0 Å². The first-order valence-corrected chi connectivity index (χ1v) is 4.14. The average molecular weight is 163 g/mol. The highest BCUT2D eigenvalue weighted by Gasteiger charge is 2.50. The predicted octanol–water partition coefficient (Wildman–Crippen LogP) is 0.185. The van der Waals surface area contributed by atoms with Gasteiger partial charge in [0.05, 0.1) is 11.3 Å². The number of amides is 1. The van der Waals surface area contributed by atoms with Gasteiger partial charge in [0, 0.05) is 18.2 Å². The lowest BCUT2D eigenvalue weighted by atomic mass is 9.95. The molecule has 0 unspecified atom stereocenters. The summed E-state index contributed by atoms with van der Waals surface area (Å²) in [6, 6.07) is 0. The molecule has 1 aromatic heterocycles. The molecule has 1 spiro atoms. The van der Waals surface area contributed by atoms with Crippen LogP contribution in [-0.2, 0) is 5.41 Å². The summed E-state index contributed by atoms with van der Waals surface area (Å²) in [6.45, 7) is 0.768. The molecule has 4 nitrogen and oxygen atoms in total. The second-order valence-electron chi connectivity index (χ2n) is 3.61. The maximum atomic E-state index is 11.3. The first-order chi connectivity index (χ1) is 5.82. The number of aromatic amines is 1. The Labute approximate surface area is 69.4 Å². The van der Waals surface area contributed by atoms with Crippen LogP contribution in [0.25, 0.3) is 0 Å². The number of rotatable bonds is 0. The van der Waals surface area contributed by atoms with Crippen molar-refractivity contribution in [3.05, 3.63) is 17.5 Å². The molecule has 1 aliphatic heterocycles. The molecule has 12 heavy (non-hydrogen) atoms. The minimum absolute atomic E-state index is 0.0104. The number of fused-ring (bicyclic) bond motifs is 2. The zero-order valence-corrected chi connectivity index (χ0v) is 6.55. The van der Waals surface area contributed by atoms with Gasteiger partial charge < -0.3 is 5.32 Å². The summed E-state index contributed by atoms with van der Waals surface area (Å²) in [5.74, 6) is 0.0104. The molecule has 0 aromatic carbocycles. The summed E-state index contributed by atoms with van der Waals surface area (Å²) >= 11 is 0. The van der Waals surface area contributed by atoms with Crippen molar-refractivity contribution in [2.24, 2.45) is 0 Å². The third-order valence-electron chi connectivity index (χ3n) is 2.83. The van der Waals surface area contributed by atoms with Gasteiger partial charge in [-0.15, -0.1) is 0 Å². The van der Waals surface area contributed by atoms with E-state index in [9.17, 15) is 4.79 Å². The molecule has 2 N–H and O–H groups in total. The van der Waals surface area contributed by atoms with Gasteiger partial charge in [0.15, 0.2) is 0 Å². The van der Waals surface area contributed by atoms with Crippen molar-refractivity contribution >= 4 is 5.91 Å². The molecule has 0 radical (unpaired) electrons. The molecule has 0 bridgehead atoms. The Morgan fingerprint density at radius 1 is 1.50 bits per heavy atom. The van der Waals surface area contributed by atoms with E-state index >= 15 is 0 Å². The van der Waals surface area contributed by atoms with Crippen LogP contribution in [0.15, 0.2) is 6.20 Å². The summed E-state index contributed by atoms with van der Waals surface area (Å²) in [6.07, 6.45) is 4.00. The van der Waals surface area contributed by atoms with Gasteiger partial charge in [-0.05, 0) is 12.8 Å². The number of aromatic nitrogens is 2. The molecule has 1 aromatic rings. The zero-order valence-electron chi connectivity index (χ0n) is 6.55. The lowest BCUT2D eigenvalue weighted by Gasteiger charge is -2.20. The average Bonchev–Trinajstić information content (AvgIpc) is 2.64. The summed E-state index contributed by atoms with van der Waals surface area (Å²) in [4.78, 5) is 11.3.